The van der Waals surface area contributed by atoms with Gasteiger partial charge in [-0.2, -0.15) is 5.10 Å². The van der Waals surface area contributed by atoms with E-state index < -0.39 is 0 Å². The minimum Gasteiger partial charge on any atom is -0.268 e. The van der Waals surface area contributed by atoms with Gasteiger partial charge in [0, 0.05) is 11.2 Å². The molecule has 2 aromatic rings. The smallest absolute Gasteiger partial charge is 0.123 e. The van der Waals surface area contributed by atoms with E-state index in [-0.39, 0.29) is 5.82 Å². The fourth-order valence-electron chi connectivity index (χ4n) is 1.39. The standard InChI is InChI=1S/C11H10ClFN2/c1-8-4-5-15(14-8)7-9-6-10(13)2-3-11(9)12/h2-6H,7H2,1H3. The van der Waals surface area contributed by atoms with Gasteiger partial charge in [-0.3, -0.25) is 4.68 Å². The van der Waals surface area contributed by atoms with E-state index in [2.05, 4.69) is 5.10 Å². The average Bonchev–Trinajstić information content (AvgIpc) is 2.58. The number of halogens is 2. The lowest BCUT2D eigenvalue weighted by Gasteiger charge is -2.04. The normalized spacial score (nSPS) is 10.6. The summed E-state index contributed by atoms with van der Waals surface area (Å²) >= 11 is 5.95. The average molecular weight is 225 g/mol. The molecule has 1 aromatic heterocycles. The second-order valence-corrected chi connectivity index (χ2v) is 3.80. The first-order valence-electron chi connectivity index (χ1n) is 4.59. The molecule has 15 heavy (non-hydrogen) atoms. The third kappa shape index (κ3) is 2.36. The molecule has 0 aliphatic carbocycles. The summed E-state index contributed by atoms with van der Waals surface area (Å²) in [5.41, 5.74) is 1.67. The quantitative estimate of drug-likeness (QED) is 0.767. The lowest BCUT2D eigenvalue weighted by molar-refractivity contribution is 0.618. The molecule has 0 radical (unpaired) electrons. The van der Waals surface area contributed by atoms with Crippen molar-refractivity contribution in [3.8, 4) is 0 Å². The van der Waals surface area contributed by atoms with Gasteiger partial charge in [-0.25, -0.2) is 4.39 Å². The van der Waals surface area contributed by atoms with Crippen molar-refractivity contribution in [1.82, 2.24) is 9.78 Å². The summed E-state index contributed by atoms with van der Waals surface area (Å²) in [7, 11) is 0. The van der Waals surface area contributed by atoms with E-state index in [9.17, 15) is 4.39 Å². The first-order valence-corrected chi connectivity index (χ1v) is 4.97. The van der Waals surface area contributed by atoms with Crippen LogP contribution in [0.2, 0.25) is 5.02 Å². The molecule has 1 aromatic carbocycles. The molecule has 0 N–H and O–H groups in total. The Morgan fingerprint density at radius 1 is 1.40 bits per heavy atom. The van der Waals surface area contributed by atoms with Crippen LogP contribution < -0.4 is 0 Å². The lowest BCUT2D eigenvalue weighted by atomic mass is 10.2. The molecule has 0 saturated carbocycles. The van der Waals surface area contributed by atoms with Crippen LogP contribution in [0.3, 0.4) is 0 Å². The van der Waals surface area contributed by atoms with Gasteiger partial charge >= 0.3 is 0 Å². The van der Waals surface area contributed by atoms with Gasteiger partial charge in [0.25, 0.3) is 0 Å². The van der Waals surface area contributed by atoms with Crippen LogP contribution in [0.1, 0.15) is 11.3 Å². The fourth-order valence-corrected chi connectivity index (χ4v) is 1.57. The summed E-state index contributed by atoms with van der Waals surface area (Å²) in [4.78, 5) is 0. The summed E-state index contributed by atoms with van der Waals surface area (Å²) in [6, 6.07) is 6.23. The van der Waals surface area contributed by atoms with Crippen molar-refractivity contribution in [2.75, 3.05) is 0 Å². The molecule has 0 aliphatic rings. The zero-order valence-electron chi connectivity index (χ0n) is 8.24. The fraction of sp³-hybridized carbons (Fsp3) is 0.182. The lowest BCUT2D eigenvalue weighted by Crippen LogP contribution is -2.01. The molecule has 0 aliphatic heterocycles. The number of aryl methyl sites for hydroxylation is 1. The molecule has 78 valence electrons. The van der Waals surface area contributed by atoms with Crippen molar-refractivity contribution in [3.05, 3.63) is 52.6 Å². The molecule has 4 heteroatoms. The van der Waals surface area contributed by atoms with E-state index in [1.807, 2.05) is 19.2 Å². The van der Waals surface area contributed by atoms with E-state index in [1.165, 1.54) is 12.1 Å². The van der Waals surface area contributed by atoms with Crippen LogP contribution in [0.4, 0.5) is 4.39 Å². The van der Waals surface area contributed by atoms with Gasteiger partial charge < -0.3 is 0 Å². The Labute approximate surface area is 92.3 Å². The number of hydrogen-bond acceptors (Lipinski definition) is 1. The molecule has 0 saturated heterocycles. The van der Waals surface area contributed by atoms with Gasteiger partial charge in [0.15, 0.2) is 0 Å². The van der Waals surface area contributed by atoms with Gasteiger partial charge in [0.05, 0.1) is 12.2 Å². The first kappa shape index (κ1) is 10.2. The maximum Gasteiger partial charge on any atom is 0.123 e. The Hall–Kier alpha value is -1.35. The molecule has 2 rings (SSSR count). The molecule has 1 heterocycles. The summed E-state index contributed by atoms with van der Waals surface area (Å²) in [6.07, 6.45) is 1.84. The SMILES string of the molecule is Cc1ccn(Cc2cc(F)ccc2Cl)n1. The highest BCUT2D eigenvalue weighted by atomic mass is 35.5. The minimum absolute atomic E-state index is 0.279. The van der Waals surface area contributed by atoms with Gasteiger partial charge in [0.1, 0.15) is 5.82 Å². The highest BCUT2D eigenvalue weighted by Crippen LogP contribution is 2.17. The number of rotatable bonds is 2. The molecule has 0 bridgehead atoms. The Morgan fingerprint density at radius 2 is 2.20 bits per heavy atom. The molecule has 0 unspecified atom stereocenters. The third-order valence-electron chi connectivity index (χ3n) is 2.11. The summed E-state index contributed by atoms with van der Waals surface area (Å²) in [6.45, 7) is 2.40. The van der Waals surface area contributed by atoms with E-state index in [0.29, 0.717) is 11.6 Å². The van der Waals surface area contributed by atoms with Crippen LogP contribution in [0.25, 0.3) is 0 Å². The zero-order valence-corrected chi connectivity index (χ0v) is 9.00. The summed E-state index contributed by atoms with van der Waals surface area (Å²) in [5.74, 6) is -0.279. The van der Waals surface area contributed by atoms with Crippen LogP contribution in [-0.4, -0.2) is 9.78 Å². The molecule has 0 atom stereocenters. The monoisotopic (exact) mass is 224 g/mol. The number of hydrogen-bond donors (Lipinski definition) is 0. The Bertz CT molecular complexity index is 479. The number of benzene rings is 1. The van der Waals surface area contributed by atoms with E-state index in [1.54, 1.807) is 10.7 Å². The molecule has 0 fully saturated rings. The Morgan fingerprint density at radius 3 is 2.87 bits per heavy atom. The predicted octanol–water partition coefficient (Wildman–Crippen LogP) is 3.03. The molecule has 0 amide bonds. The van der Waals surface area contributed by atoms with Crippen molar-refractivity contribution in [2.45, 2.75) is 13.5 Å². The highest BCUT2D eigenvalue weighted by Gasteiger charge is 2.03. The third-order valence-corrected chi connectivity index (χ3v) is 2.48. The van der Waals surface area contributed by atoms with Crippen molar-refractivity contribution in [2.24, 2.45) is 0 Å². The molecular formula is C11H10ClFN2. The van der Waals surface area contributed by atoms with Crippen LogP contribution in [0, 0.1) is 12.7 Å². The number of nitrogens with zero attached hydrogens (tertiary/aromatic N) is 2. The van der Waals surface area contributed by atoms with Gasteiger partial charge in [-0.1, -0.05) is 11.6 Å². The van der Waals surface area contributed by atoms with Crippen molar-refractivity contribution in [3.63, 3.8) is 0 Å². The molecule has 2 nitrogen and oxygen atoms in total. The molecule has 0 spiro atoms. The maximum absolute atomic E-state index is 13.0. The van der Waals surface area contributed by atoms with Crippen molar-refractivity contribution >= 4 is 11.6 Å². The molecular weight excluding hydrogens is 215 g/mol. The first-order chi connectivity index (χ1) is 7.15. The topological polar surface area (TPSA) is 17.8 Å². The van der Waals surface area contributed by atoms with Crippen molar-refractivity contribution < 1.29 is 4.39 Å². The Balaban J connectivity index is 2.27. The second kappa shape index (κ2) is 4.03. The number of aromatic nitrogens is 2. The van der Waals surface area contributed by atoms with Crippen molar-refractivity contribution in [1.29, 1.82) is 0 Å². The van der Waals surface area contributed by atoms with Gasteiger partial charge in [0.2, 0.25) is 0 Å². The van der Waals surface area contributed by atoms with Crippen LogP contribution in [0.5, 0.6) is 0 Å². The van der Waals surface area contributed by atoms with E-state index in [4.69, 9.17) is 11.6 Å². The van der Waals surface area contributed by atoms with E-state index >= 15 is 0 Å². The zero-order chi connectivity index (χ0) is 10.8. The van der Waals surface area contributed by atoms with Crippen LogP contribution in [0.15, 0.2) is 30.5 Å². The van der Waals surface area contributed by atoms with Crippen LogP contribution in [-0.2, 0) is 6.54 Å². The summed E-state index contributed by atoms with van der Waals surface area (Å²) in [5, 5.41) is 4.77. The summed E-state index contributed by atoms with van der Waals surface area (Å²) < 4.78 is 14.7. The highest BCUT2D eigenvalue weighted by molar-refractivity contribution is 6.31. The largest absolute Gasteiger partial charge is 0.268 e. The second-order valence-electron chi connectivity index (χ2n) is 3.39. The van der Waals surface area contributed by atoms with E-state index in [0.717, 1.165) is 11.3 Å². The van der Waals surface area contributed by atoms with Gasteiger partial charge in [-0.05, 0) is 36.8 Å². The maximum atomic E-state index is 13.0. The predicted molar refractivity (Wildman–Crippen MR) is 57.5 cm³/mol. The van der Waals surface area contributed by atoms with Crippen LogP contribution >= 0.6 is 11.6 Å². The van der Waals surface area contributed by atoms with Gasteiger partial charge in [-0.15, -0.1) is 0 Å². The Kier molecular flexibility index (Phi) is 2.73. The minimum atomic E-state index is -0.279.